The van der Waals surface area contributed by atoms with Crippen LogP contribution in [0.2, 0.25) is 0 Å². The molecular formula is C15H15FN2O4S. The fourth-order valence-corrected chi connectivity index (χ4v) is 2.33. The van der Waals surface area contributed by atoms with Gasteiger partial charge in [0.2, 0.25) is 11.8 Å². The molecule has 0 aliphatic heterocycles. The van der Waals surface area contributed by atoms with Crippen LogP contribution in [0.4, 0.5) is 4.39 Å². The first-order chi connectivity index (χ1) is 11.0. The molecule has 23 heavy (non-hydrogen) atoms. The molecule has 0 aliphatic carbocycles. The molecule has 0 spiro atoms. The maximum absolute atomic E-state index is 12.9. The van der Waals surface area contributed by atoms with Gasteiger partial charge >= 0.3 is 5.97 Å². The predicted molar refractivity (Wildman–Crippen MR) is 83.6 cm³/mol. The molecule has 0 fully saturated rings. The van der Waals surface area contributed by atoms with Gasteiger partial charge in [0.25, 0.3) is 0 Å². The zero-order valence-corrected chi connectivity index (χ0v) is 12.9. The van der Waals surface area contributed by atoms with Crippen molar-refractivity contribution in [1.29, 1.82) is 0 Å². The number of rotatable bonds is 8. The summed E-state index contributed by atoms with van der Waals surface area (Å²) in [7, 11) is 0. The van der Waals surface area contributed by atoms with Gasteiger partial charge in [0.05, 0.1) is 17.9 Å². The van der Waals surface area contributed by atoms with Crippen LogP contribution in [0.25, 0.3) is 11.5 Å². The molecule has 0 saturated heterocycles. The first-order valence-corrected chi connectivity index (χ1v) is 7.96. The number of halogens is 1. The highest BCUT2D eigenvalue weighted by Gasteiger charge is 2.10. The molecule has 2 N–H and O–H groups in total. The molecule has 0 radical (unpaired) electrons. The third-order valence-corrected chi connectivity index (χ3v) is 3.72. The third-order valence-electron chi connectivity index (χ3n) is 2.78. The van der Waals surface area contributed by atoms with Crippen molar-refractivity contribution in [3.05, 3.63) is 42.0 Å². The molecule has 2 aromatic rings. The highest BCUT2D eigenvalue weighted by atomic mass is 32.2. The van der Waals surface area contributed by atoms with E-state index in [1.54, 1.807) is 12.1 Å². The number of carboxylic acid groups (broad SMARTS) is 1. The fraction of sp³-hybridized carbons (Fsp3) is 0.267. The van der Waals surface area contributed by atoms with E-state index in [4.69, 9.17) is 9.52 Å². The van der Waals surface area contributed by atoms with E-state index in [9.17, 15) is 14.0 Å². The number of carboxylic acids is 1. The maximum atomic E-state index is 12.9. The van der Waals surface area contributed by atoms with Crippen LogP contribution in [-0.4, -0.2) is 40.0 Å². The van der Waals surface area contributed by atoms with Crippen molar-refractivity contribution in [2.75, 3.05) is 18.1 Å². The van der Waals surface area contributed by atoms with E-state index in [0.717, 1.165) is 0 Å². The van der Waals surface area contributed by atoms with Crippen LogP contribution in [0.3, 0.4) is 0 Å². The van der Waals surface area contributed by atoms with Crippen LogP contribution in [0.15, 0.2) is 34.9 Å². The van der Waals surface area contributed by atoms with E-state index in [0.29, 0.717) is 29.4 Å². The Bertz CT molecular complexity index is 672. The highest BCUT2D eigenvalue weighted by molar-refractivity contribution is 7.99. The Morgan fingerprint density at radius 2 is 2.04 bits per heavy atom. The SMILES string of the molecule is O=C(O)CSCCNC(=O)Cc1coc(-c2ccc(F)cc2)n1. The van der Waals surface area contributed by atoms with Crippen molar-refractivity contribution in [2.45, 2.75) is 6.42 Å². The number of hydrogen-bond donors (Lipinski definition) is 2. The Morgan fingerprint density at radius 3 is 2.74 bits per heavy atom. The number of carbonyl (C=O) groups excluding carboxylic acids is 1. The number of aliphatic carboxylic acids is 1. The minimum absolute atomic E-state index is 0.0141. The minimum Gasteiger partial charge on any atom is -0.481 e. The van der Waals surface area contributed by atoms with E-state index in [-0.39, 0.29) is 23.9 Å². The van der Waals surface area contributed by atoms with Crippen molar-refractivity contribution < 1.29 is 23.5 Å². The minimum atomic E-state index is -0.878. The number of nitrogens with zero attached hydrogens (tertiary/aromatic N) is 1. The summed E-state index contributed by atoms with van der Waals surface area (Å²) in [5.41, 5.74) is 1.10. The van der Waals surface area contributed by atoms with Gasteiger partial charge in [-0.2, -0.15) is 0 Å². The van der Waals surface area contributed by atoms with Gasteiger partial charge < -0.3 is 14.8 Å². The summed E-state index contributed by atoms with van der Waals surface area (Å²) in [6, 6.07) is 5.71. The van der Waals surface area contributed by atoms with Crippen LogP contribution in [-0.2, 0) is 16.0 Å². The highest BCUT2D eigenvalue weighted by Crippen LogP contribution is 2.19. The lowest BCUT2D eigenvalue weighted by atomic mass is 10.2. The van der Waals surface area contributed by atoms with Crippen LogP contribution in [0.1, 0.15) is 5.69 Å². The quantitative estimate of drug-likeness (QED) is 0.715. The molecular weight excluding hydrogens is 323 g/mol. The van der Waals surface area contributed by atoms with E-state index < -0.39 is 5.97 Å². The molecule has 1 aromatic carbocycles. The summed E-state index contributed by atoms with van der Waals surface area (Å²) in [5.74, 6) is -0.583. The van der Waals surface area contributed by atoms with Gasteiger partial charge in [-0.1, -0.05) is 0 Å². The molecule has 0 saturated carbocycles. The zero-order valence-electron chi connectivity index (χ0n) is 12.1. The van der Waals surface area contributed by atoms with Gasteiger partial charge in [-0.15, -0.1) is 11.8 Å². The normalized spacial score (nSPS) is 10.5. The topological polar surface area (TPSA) is 92.4 Å². The van der Waals surface area contributed by atoms with Gasteiger partial charge in [0.1, 0.15) is 12.1 Å². The monoisotopic (exact) mass is 338 g/mol. The fourth-order valence-electron chi connectivity index (χ4n) is 1.76. The van der Waals surface area contributed by atoms with E-state index in [1.807, 2.05) is 0 Å². The van der Waals surface area contributed by atoms with Crippen molar-refractivity contribution in [3.8, 4) is 11.5 Å². The average Bonchev–Trinajstić information content (AvgIpc) is 2.95. The van der Waals surface area contributed by atoms with E-state index in [1.165, 1.54) is 30.2 Å². The smallest absolute Gasteiger partial charge is 0.313 e. The largest absolute Gasteiger partial charge is 0.481 e. The Hall–Kier alpha value is -2.35. The molecule has 0 aliphatic rings. The van der Waals surface area contributed by atoms with Crippen LogP contribution in [0.5, 0.6) is 0 Å². The summed E-state index contributed by atoms with van der Waals surface area (Å²) in [5, 5.41) is 11.2. The molecule has 1 aromatic heterocycles. The van der Waals surface area contributed by atoms with Crippen LogP contribution in [0, 0.1) is 5.82 Å². The summed E-state index contributed by atoms with van der Waals surface area (Å²) in [6.45, 7) is 0.388. The number of nitrogens with one attached hydrogen (secondary N) is 1. The molecule has 8 heteroatoms. The number of aromatic nitrogens is 1. The van der Waals surface area contributed by atoms with Crippen molar-refractivity contribution in [1.82, 2.24) is 10.3 Å². The summed E-state index contributed by atoms with van der Waals surface area (Å²) >= 11 is 1.23. The Balaban J connectivity index is 1.78. The molecule has 1 amide bonds. The maximum Gasteiger partial charge on any atom is 0.313 e. The summed E-state index contributed by atoms with van der Waals surface area (Å²) in [4.78, 5) is 26.2. The van der Waals surface area contributed by atoms with E-state index >= 15 is 0 Å². The van der Waals surface area contributed by atoms with Crippen molar-refractivity contribution in [3.63, 3.8) is 0 Å². The lowest BCUT2D eigenvalue weighted by Gasteiger charge is -2.02. The number of benzene rings is 1. The molecule has 0 unspecified atom stereocenters. The second-order valence-corrected chi connectivity index (χ2v) is 5.73. The molecule has 122 valence electrons. The summed E-state index contributed by atoms with van der Waals surface area (Å²) in [6.07, 6.45) is 1.45. The van der Waals surface area contributed by atoms with Gasteiger partial charge in [0, 0.05) is 17.9 Å². The molecule has 2 rings (SSSR count). The van der Waals surface area contributed by atoms with E-state index in [2.05, 4.69) is 10.3 Å². The van der Waals surface area contributed by atoms with Crippen LogP contribution >= 0.6 is 11.8 Å². The lowest BCUT2D eigenvalue weighted by molar-refractivity contribution is -0.133. The second-order valence-electron chi connectivity index (χ2n) is 4.62. The van der Waals surface area contributed by atoms with Gasteiger partial charge in [0.15, 0.2) is 0 Å². The van der Waals surface area contributed by atoms with Crippen molar-refractivity contribution >= 4 is 23.6 Å². The van der Waals surface area contributed by atoms with Crippen LogP contribution < -0.4 is 5.32 Å². The molecule has 0 atom stereocenters. The van der Waals surface area contributed by atoms with Crippen molar-refractivity contribution in [2.24, 2.45) is 0 Å². The summed E-state index contributed by atoms with van der Waals surface area (Å²) < 4.78 is 18.1. The number of carbonyl (C=O) groups is 2. The number of thioether (sulfide) groups is 1. The first kappa shape index (κ1) is 17.0. The third kappa shape index (κ3) is 5.74. The molecule has 6 nitrogen and oxygen atoms in total. The number of amides is 1. The standard InChI is InChI=1S/C15H15FN2O4S/c16-11-3-1-10(2-4-11)15-18-12(8-22-15)7-13(19)17-5-6-23-9-14(20)21/h1-4,8H,5-7,9H2,(H,17,19)(H,20,21). The number of hydrogen-bond acceptors (Lipinski definition) is 5. The predicted octanol–water partition coefficient (Wildman–Crippen LogP) is 1.96. The Labute approximate surface area is 136 Å². The lowest BCUT2D eigenvalue weighted by Crippen LogP contribution is -2.27. The number of oxazole rings is 1. The average molecular weight is 338 g/mol. The molecule has 0 bridgehead atoms. The first-order valence-electron chi connectivity index (χ1n) is 6.81. The van der Waals surface area contributed by atoms with Gasteiger partial charge in [-0.3, -0.25) is 9.59 Å². The molecule has 1 heterocycles. The second kappa shape index (κ2) is 8.33. The zero-order chi connectivity index (χ0) is 16.7. The Morgan fingerprint density at radius 1 is 1.30 bits per heavy atom. The Kier molecular flexibility index (Phi) is 6.16. The van der Waals surface area contributed by atoms with Gasteiger partial charge in [-0.25, -0.2) is 9.37 Å². The van der Waals surface area contributed by atoms with Gasteiger partial charge in [-0.05, 0) is 24.3 Å².